The number of nitrogens with one attached hydrogen (secondary N) is 1. The van der Waals surface area contributed by atoms with Gasteiger partial charge in [0.05, 0.1) is 4.95 Å². The summed E-state index contributed by atoms with van der Waals surface area (Å²) in [4.78, 5) is 0.547. The Balaban J connectivity index is 2.11. The lowest BCUT2D eigenvalue weighted by Gasteiger charge is -2.25. The number of alkyl halides is 1. The van der Waals surface area contributed by atoms with Crippen molar-refractivity contribution in [2.75, 3.05) is 0 Å². The van der Waals surface area contributed by atoms with E-state index in [1.165, 1.54) is 44.9 Å². The van der Waals surface area contributed by atoms with Gasteiger partial charge in [-0.15, -0.1) is 0 Å². The molecule has 1 aliphatic rings. The third-order valence-electron chi connectivity index (χ3n) is 2.56. The van der Waals surface area contributed by atoms with Crippen LogP contribution in [0.3, 0.4) is 0 Å². The molecular weight excluding hydrogens is 214 g/mol. The third-order valence-corrected chi connectivity index (χ3v) is 3.29. The topological polar surface area (TPSA) is 12.0 Å². The fourth-order valence-corrected chi connectivity index (χ4v) is 2.69. The van der Waals surface area contributed by atoms with Crippen LogP contribution in [0.5, 0.6) is 0 Å². The van der Waals surface area contributed by atoms with E-state index >= 15 is 0 Å². The highest BCUT2D eigenvalue weighted by atomic mass is 79.9. The maximum absolute atomic E-state index is 3.66. The lowest BCUT2D eigenvalue weighted by Crippen LogP contribution is -2.36. The second kappa shape index (κ2) is 5.98. The Labute approximate surface area is 84.4 Å². The fraction of sp³-hybridized carbons (Fsp3) is 1.00. The van der Waals surface area contributed by atoms with E-state index in [4.69, 9.17) is 0 Å². The van der Waals surface area contributed by atoms with Crippen LogP contribution in [-0.4, -0.2) is 11.0 Å². The lowest BCUT2D eigenvalue weighted by atomic mass is 9.95. The lowest BCUT2D eigenvalue weighted by molar-refractivity contribution is 0.364. The van der Waals surface area contributed by atoms with Crippen LogP contribution in [0.1, 0.15) is 51.9 Å². The van der Waals surface area contributed by atoms with Crippen LogP contribution in [-0.2, 0) is 0 Å². The van der Waals surface area contributed by atoms with Gasteiger partial charge in [0.25, 0.3) is 0 Å². The smallest absolute Gasteiger partial charge is 0.0632 e. The average molecular weight is 234 g/mol. The normalized spacial score (nSPS) is 22.5. The van der Waals surface area contributed by atoms with Gasteiger partial charge >= 0.3 is 0 Å². The molecule has 1 saturated carbocycles. The Morgan fingerprint density at radius 1 is 1.33 bits per heavy atom. The second-order valence-corrected chi connectivity index (χ2v) is 4.86. The first kappa shape index (κ1) is 10.5. The summed E-state index contributed by atoms with van der Waals surface area (Å²) in [6, 6.07) is 0.787. The molecule has 0 radical (unpaired) electrons. The standard InChI is InChI=1S/C10H20BrN/c1-2-6-10(11)12-9-7-4-3-5-8-9/h9-10,12H,2-8H2,1H3. The van der Waals surface area contributed by atoms with Crippen molar-refractivity contribution in [1.82, 2.24) is 5.32 Å². The molecule has 1 N–H and O–H groups in total. The van der Waals surface area contributed by atoms with Gasteiger partial charge in [0.2, 0.25) is 0 Å². The maximum atomic E-state index is 3.66. The van der Waals surface area contributed by atoms with Gasteiger partial charge < -0.3 is 5.32 Å². The van der Waals surface area contributed by atoms with Crippen molar-refractivity contribution in [3.05, 3.63) is 0 Å². The van der Waals surface area contributed by atoms with Gasteiger partial charge in [-0.05, 0) is 19.3 Å². The quantitative estimate of drug-likeness (QED) is 0.580. The van der Waals surface area contributed by atoms with Crippen LogP contribution in [0.4, 0.5) is 0 Å². The summed E-state index contributed by atoms with van der Waals surface area (Å²) in [5.41, 5.74) is 0. The first-order valence-corrected chi connectivity index (χ1v) is 6.14. The van der Waals surface area contributed by atoms with Crippen molar-refractivity contribution >= 4 is 15.9 Å². The zero-order valence-corrected chi connectivity index (χ0v) is 9.57. The molecule has 0 aliphatic heterocycles. The van der Waals surface area contributed by atoms with Gasteiger partial charge in [-0.1, -0.05) is 48.5 Å². The molecule has 0 aromatic heterocycles. The van der Waals surface area contributed by atoms with Crippen LogP contribution >= 0.6 is 15.9 Å². The molecule has 1 atom stereocenters. The Bertz CT molecular complexity index is 110. The van der Waals surface area contributed by atoms with Crippen molar-refractivity contribution in [1.29, 1.82) is 0 Å². The highest BCUT2D eigenvalue weighted by molar-refractivity contribution is 9.09. The predicted octanol–water partition coefficient (Wildman–Crippen LogP) is 3.43. The average Bonchev–Trinajstić information content (AvgIpc) is 2.06. The molecule has 0 bridgehead atoms. The molecule has 0 heterocycles. The molecule has 1 rings (SSSR count). The number of rotatable bonds is 4. The summed E-state index contributed by atoms with van der Waals surface area (Å²) in [6.45, 7) is 2.23. The molecule has 0 aromatic rings. The van der Waals surface area contributed by atoms with E-state index in [0.717, 1.165) is 6.04 Å². The first-order chi connectivity index (χ1) is 5.83. The Kier molecular flexibility index (Phi) is 5.24. The molecule has 0 aromatic carbocycles. The summed E-state index contributed by atoms with van der Waals surface area (Å²) in [7, 11) is 0. The number of hydrogen-bond donors (Lipinski definition) is 1. The highest BCUT2D eigenvalue weighted by Gasteiger charge is 2.15. The predicted molar refractivity (Wildman–Crippen MR) is 57.6 cm³/mol. The van der Waals surface area contributed by atoms with E-state index in [-0.39, 0.29) is 0 Å². The molecule has 0 amide bonds. The van der Waals surface area contributed by atoms with Crippen LogP contribution < -0.4 is 5.32 Å². The minimum Gasteiger partial charge on any atom is -0.302 e. The Morgan fingerprint density at radius 2 is 2.00 bits per heavy atom. The van der Waals surface area contributed by atoms with E-state index < -0.39 is 0 Å². The van der Waals surface area contributed by atoms with Gasteiger partial charge in [-0.3, -0.25) is 0 Å². The number of halogens is 1. The van der Waals surface area contributed by atoms with E-state index in [0.29, 0.717) is 4.95 Å². The van der Waals surface area contributed by atoms with Crippen LogP contribution in [0.25, 0.3) is 0 Å². The zero-order valence-electron chi connectivity index (χ0n) is 7.98. The van der Waals surface area contributed by atoms with Crippen LogP contribution in [0, 0.1) is 0 Å². The van der Waals surface area contributed by atoms with Crippen molar-refractivity contribution in [2.45, 2.75) is 62.9 Å². The summed E-state index contributed by atoms with van der Waals surface area (Å²) in [5, 5.41) is 3.64. The molecule has 1 aliphatic carbocycles. The van der Waals surface area contributed by atoms with Crippen molar-refractivity contribution in [3.8, 4) is 0 Å². The minimum absolute atomic E-state index is 0.547. The monoisotopic (exact) mass is 233 g/mol. The molecule has 12 heavy (non-hydrogen) atoms. The SMILES string of the molecule is CCCC(Br)NC1CCCCC1. The molecule has 0 spiro atoms. The summed E-state index contributed by atoms with van der Waals surface area (Å²) < 4.78 is 0. The minimum atomic E-state index is 0.547. The molecule has 0 saturated heterocycles. The van der Waals surface area contributed by atoms with Gasteiger partial charge in [0, 0.05) is 6.04 Å². The molecular formula is C10H20BrN. The highest BCUT2D eigenvalue weighted by Crippen LogP contribution is 2.19. The fourth-order valence-electron chi connectivity index (χ4n) is 1.86. The van der Waals surface area contributed by atoms with Gasteiger partial charge in [0.1, 0.15) is 0 Å². The van der Waals surface area contributed by atoms with Crippen LogP contribution in [0.2, 0.25) is 0 Å². The molecule has 2 heteroatoms. The van der Waals surface area contributed by atoms with Crippen molar-refractivity contribution in [2.24, 2.45) is 0 Å². The zero-order chi connectivity index (χ0) is 8.81. The van der Waals surface area contributed by atoms with E-state index in [9.17, 15) is 0 Å². The van der Waals surface area contributed by atoms with Gasteiger partial charge in [-0.2, -0.15) is 0 Å². The molecule has 1 unspecified atom stereocenters. The van der Waals surface area contributed by atoms with E-state index in [2.05, 4.69) is 28.2 Å². The summed E-state index contributed by atoms with van der Waals surface area (Å²) in [6.07, 6.45) is 9.55. The summed E-state index contributed by atoms with van der Waals surface area (Å²) >= 11 is 3.66. The summed E-state index contributed by atoms with van der Waals surface area (Å²) in [5.74, 6) is 0. The maximum Gasteiger partial charge on any atom is 0.0632 e. The number of hydrogen-bond acceptors (Lipinski definition) is 1. The molecule has 1 nitrogen and oxygen atoms in total. The Morgan fingerprint density at radius 3 is 2.58 bits per heavy atom. The van der Waals surface area contributed by atoms with Crippen molar-refractivity contribution < 1.29 is 0 Å². The van der Waals surface area contributed by atoms with E-state index in [1.807, 2.05) is 0 Å². The Hall–Kier alpha value is 0.440. The van der Waals surface area contributed by atoms with Gasteiger partial charge in [0.15, 0.2) is 0 Å². The third kappa shape index (κ3) is 3.90. The van der Waals surface area contributed by atoms with Crippen molar-refractivity contribution in [3.63, 3.8) is 0 Å². The molecule has 72 valence electrons. The second-order valence-electron chi connectivity index (χ2n) is 3.76. The first-order valence-electron chi connectivity index (χ1n) is 5.23. The van der Waals surface area contributed by atoms with Crippen LogP contribution in [0.15, 0.2) is 0 Å². The van der Waals surface area contributed by atoms with E-state index in [1.54, 1.807) is 0 Å². The molecule has 1 fully saturated rings. The largest absolute Gasteiger partial charge is 0.302 e. The van der Waals surface area contributed by atoms with Gasteiger partial charge in [-0.25, -0.2) is 0 Å².